The van der Waals surface area contributed by atoms with Gasteiger partial charge in [-0.1, -0.05) is 30.3 Å². The van der Waals surface area contributed by atoms with E-state index in [0.29, 0.717) is 12.1 Å². The van der Waals surface area contributed by atoms with Gasteiger partial charge in [0.15, 0.2) is 0 Å². The summed E-state index contributed by atoms with van der Waals surface area (Å²) in [6.45, 7) is 0.551. The van der Waals surface area contributed by atoms with Crippen LogP contribution in [-0.4, -0.2) is 30.4 Å². The summed E-state index contributed by atoms with van der Waals surface area (Å²) in [4.78, 5) is 14.7. The second kappa shape index (κ2) is 7.32. The Kier molecular flexibility index (Phi) is 4.96. The second-order valence-corrected chi connectivity index (χ2v) is 6.01. The number of hydrogen-bond acceptors (Lipinski definition) is 3. The molecular weight excluding hydrogens is 300 g/mol. The van der Waals surface area contributed by atoms with Gasteiger partial charge in [-0.3, -0.25) is 4.79 Å². The third-order valence-electron chi connectivity index (χ3n) is 4.38. The molecule has 0 saturated heterocycles. The molecule has 1 amide bonds. The molecule has 124 valence electrons. The fourth-order valence-electron chi connectivity index (χ4n) is 2.98. The zero-order valence-corrected chi connectivity index (χ0v) is 13.8. The molecule has 2 N–H and O–H groups in total. The zero-order valence-electron chi connectivity index (χ0n) is 13.8. The van der Waals surface area contributed by atoms with E-state index >= 15 is 0 Å². The van der Waals surface area contributed by atoms with Gasteiger partial charge >= 0.3 is 0 Å². The molecular formula is C20H22N2O2. The van der Waals surface area contributed by atoms with Gasteiger partial charge in [0.25, 0.3) is 5.91 Å². The zero-order chi connectivity index (χ0) is 16.9. The number of carbonyl (C=O) groups is 1. The van der Waals surface area contributed by atoms with E-state index in [9.17, 15) is 4.79 Å². The van der Waals surface area contributed by atoms with E-state index < -0.39 is 0 Å². The van der Waals surface area contributed by atoms with Gasteiger partial charge in [0.05, 0.1) is 6.26 Å². The van der Waals surface area contributed by atoms with Gasteiger partial charge in [-0.15, -0.1) is 0 Å². The van der Waals surface area contributed by atoms with E-state index in [1.165, 1.54) is 5.56 Å². The minimum Gasteiger partial charge on any atom is -0.464 e. The third-order valence-corrected chi connectivity index (χ3v) is 4.38. The molecule has 0 aliphatic rings. The van der Waals surface area contributed by atoms with Gasteiger partial charge in [0.2, 0.25) is 0 Å². The van der Waals surface area contributed by atoms with Gasteiger partial charge in [-0.2, -0.15) is 0 Å². The first-order chi connectivity index (χ1) is 11.7. The molecule has 1 heterocycles. The van der Waals surface area contributed by atoms with Gasteiger partial charge in [-0.05, 0) is 49.2 Å². The molecule has 24 heavy (non-hydrogen) atoms. The van der Waals surface area contributed by atoms with Crippen molar-refractivity contribution in [2.24, 2.45) is 5.73 Å². The fourth-order valence-corrected chi connectivity index (χ4v) is 2.98. The predicted molar refractivity (Wildman–Crippen MR) is 95.9 cm³/mol. The highest BCUT2D eigenvalue weighted by Crippen LogP contribution is 2.19. The number of carbonyl (C=O) groups excluding carboxylic acids is 1. The Labute approximate surface area is 141 Å². The van der Waals surface area contributed by atoms with Crippen LogP contribution < -0.4 is 5.73 Å². The molecule has 0 spiro atoms. The molecule has 4 heteroatoms. The largest absolute Gasteiger partial charge is 0.464 e. The van der Waals surface area contributed by atoms with E-state index in [1.54, 1.807) is 11.2 Å². The van der Waals surface area contributed by atoms with Crippen molar-refractivity contribution in [3.05, 3.63) is 72.0 Å². The van der Waals surface area contributed by atoms with Crippen LogP contribution in [0.4, 0.5) is 0 Å². The van der Waals surface area contributed by atoms with Crippen LogP contribution >= 0.6 is 0 Å². The molecule has 1 atom stereocenters. The minimum atomic E-state index is 0.00693. The van der Waals surface area contributed by atoms with Crippen LogP contribution in [-0.2, 0) is 6.42 Å². The highest BCUT2D eigenvalue weighted by Gasteiger charge is 2.21. The Morgan fingerprint density at radius 3 is 2.71 bits per heavy atom. The van der Waals surface area contributed by atoms with Crippen LogP contribution in [0.1, 0.15) is 22.3 Å². The van der Waals surface area contributed by atoms with Crippen molar-refractivity contribution >= 4 is 16.9 Å². The van der Waals surface area contributed by atoms with E-state index in [4.69, 9.17) is 10.2 Å². The molecule has 0 radical (unpaired) electrons. The lowest BCUT2D eigenvalue weighted by Crippen LogP contribution is -2.39. The number of fused-ring (bicyclic) bond motifs is 1. The molecule has 0 aliphatic heterocycles. The summed E-state index contributed by atoms with van der Waals surface area (Å²) in [5.74, 6) is 0.00693. The second-order valence-electron chi connectivity index (χ2n) is 6.01. The minimum absolute atomic E-state index is 0.00693. The first-order valence-electron chi connectivity index (χ1n) is 8.17. The van der Waals surface area contributed by atoms with Crippen molar-refractivity contribution in [1.82, 2.24) is 4.90 Å². The SMILES string of the molecule is CN(C(=O)c1ccc2occc2c1)C(CCN)Cc1ccccc1. The Hall–Kier alpha value is -2.59. The lowest BCUT2D eigenvalue weighted by Gasteiger charge is -2.28. The number of benzene rings is 2. The van der Waals surface area contributed by atoms with Crippen LogP contribution in [0.15, 0.2) is 65.3 Å². The number of nitrogens with zero attached hydrogens (tertiary/aromatic N) is 1. The summed E-state index contributed by atoms with van der Waals surface area (Å²) < 4.78 is 5.34. The number of nitrogens with two attached hydrogens (primary N) is 1. The monoisotopic (exact) mass is 322 g/mol. The molecule has 0 fully saturated rings. The summed E-state index contributed by atoms with van der Waals surface area (Å²) in [5.41, 5.74) is 8.44. The molecule has 2 aromatic carbocycles. The summed E-state index contributed by atoms with van der Waals surface area (Å²) in [6, 6.07) is 17.7. The first kappa shape index (κ1) is 16.3. The van der Waals surface area contributed by atoms with Crippen molar-refractivity contribution in [3.63, 3.8) is 0 Å². The number of amides is 1. The fraction of sp³-hybridized carbons (Fsp3) is 0.250. The molecule has 0 aliphatic carbocycles. The number of furan rings is 1. The van der Waals surface area contributed by atoms with Crippen molar-refractivity contribution in [1.29, 1.82) is 0 Å². The number of likely N-dealkylation sites (N-methyl/N-ethyl adjacent to an activating group) is 1. The van der Waals surface area contributed by atoms with Gasteiger partial charge in [0.1, 0.15) is 5.58 Å². The topological polar surface area (TPSA) is 59.5 Å². The van der Waals surface area contributed by atoms with Gasteiger partial charge in [-0.25, -0.2) is 0 Å². The molecule has 0 bridgehead atoms. The molecule has 1 aromatic heterocycles. The van der Waals surface area contributed by atoms with Crippen LogP contribution in [0.25, 0.3) is 11.0 Å². The van der Waals surface area contributed by atoms with E-state index in [0.717, 1.165) is 23.8 Å². The van der Waals surface area contributed by atoms with Crippen LogP contribution in [0.5, 0.6) is 0 Å². The highest BCUT2D eigenvalue weighted by atomic mass is 16.3. The third kappa shape index (κ3) is 3.49. The maximum atomic E-state index is 12.9. The molecule has 3 rings (SSSR count). The lowest BCUT2D eigenvalue weighted by molar-refractivity contribution is 0.0725. The van der Waals surface area contributed by atoms with E-state index in [-0.39, 0.29) is 11.9 Å². The van der Waals surface area contributed by atoms with Crippen molar-refractivity contribution in [2.45, 2.75) is 18.9 Å². The molecule has 1 unspecified atom stereocenters. The average molecular weight is 322 g/mol. The van der Waals surface area contributed by atoms with Crippen molar-refractivity contribution in [3.8, 4) is 0 Å². The smallest absolute Gasteiger partial charge is 0.253 e. The number of rotatable bonds is 6. The first-order valence-corrected chi connectivity index (χ1v) is 8.17. The predicted octanol–water partition coefficient (Wildman–Crippen LogP) is 3.46. The van der Waals surface area contributed by atoms with E-state index in [2.05, 4.69) is 12.1 Å². The normalized spacial score (nSPS) is 12.2. The lowest BCUT2D eigenvalue weighted by atomic mass is 10.0. The standard InChI is InChI=1S/C20H22N2O2/c1-22(18(9-11-21)13-15-5-3-2-4-6-15)20(23)17-7-8-19-16(14-17)10-12-24-19/h2-8,10,12,14,18H,9,11,13,21H2,1H3. The molecule has 0 saturated carbocycles. The number of hydrogen-bond donors (Lipinski definition) is 1. The van der Waals surface area contributed by atoms with Gasteiger partial charge < -0.3 is 15.1 Å². The molecule has 3 aromatic rings. The Morgan fingerprint density at radius 2 is 1.96 bits per heavy atom. The maximum Gasteiger partial charge on any atom is 0.253 e. The summed E-state index contributed by atoms with van der Waals surface area (Å²) in [5, 5.41) is 0.938. The van der Waals surface area contributed by atoms with Gasteiger partial charge in [0, 0.05) is 24.0 Å². The Bertz CT molecular complexity index is 811. The Morgan fingerprint density at radius 1 is 1.17 bits per heavy atom. The summed E-state index contributed by atoms with van der Waals surface area (Å²) >= 11 is 0. The van der Waals surface area contributed by atoms with Crippen LogP contribution in [0.3, 0.4) is 0 Å². The van der Waals surface area contributed by atoms with E-state index in [1.807, 2.05) is 49.5 Å². The van der Waals surface area contributed by atoms with Crippen molar-refractivity contribution in [2.75, 3.05) is 13.6 Å². The quantitative estimate of drug-likeness (QED) is 0.756. The summed E-state index contributed by atoms with van der Waals surface area (Å²) in [6.07, 6.45) is 3.20. The maximum absolute atomic E-state index is 12.9. The van der Waals surface area contributed by atoms with Crippen molar-refractivity contribution < 1.29 is 9.21 Å². The summed E-state index contributed by atoms with van der Waals surface area (Å²) in [7, 11) is 1.85. The Balaban J connectivity index is 1.80. The van der Waals surface area contributed by atoms with Crippen LogP contribution in [0, 0.1) is 0 Å². The highest BCUT2D eigenvalue weighted by molar-refractivity contribution is 5.97. The van der Waals surface area contributed by atoms with Crippen LogP contribution in [0.2, 0.25) is 0 Å². The average Bonchev–Trinajstić information content (AvgIpc) is 3.08. The molecule has 4 nitrogen and oxygen atoms in total.